The quantitative estimate of drug-likeness (QED) is 0.599. The molecular weight excluding hydrogens is 242 g/mol. The maximum Gasteiger partial charge on any atom is 0.225 e. The molecule has 1 fully saturated rings. The molecule has 3 heteroatoms. The van der Waals surface area contributed by atoms with Gasteiger partial charge in [-0.1, -0.05) is 46.3 Å². The molecule has 0 N–H and O–H groups in total. The molecule has 1 aliphatic heterocycles. The van der Waals surface area contributed by atoms with Gasteiger partial charge >= 0.3 is 0 Å². The second-order valence-corrected chi connectivity index (χ2v) is 4.20. The van der Waals surface area contributed by atoms with Gasteiger partial charge in [-0.05, 0) is 5.56 Å². The lowest BCUT2D eigenvalue weighted by Gasteiger charge is -2.40. The van der Waals surface area contributed by atoms with Crippen molar-refractivity contribution in [1.82, 2.24) is 4.90 Å². The van der Waals surface area contributed by atoms with Crippen LogP contribution in [0.4, 0.5) is 0 Å². The van der Waals surface area contributed by atoms with E-state index in [-0.39, 0.29) is 5.91 Å². The molecule has 1 aromatic carbocycles. The molecule has 1 amide bonds. The van der Waals surface area contributed by atoms with Gasteiger partial charge in [0.1, 0.15) is 0 Å². The number of benzene rings is 1. The third kappa shape index (κ3) is 1.69. The van der Waals surface area contributed by atoms with Crippen LogP contribution in [0.3, 0.4) is 0 Å². The van der Waals surface area contributed by atoms with Gasteiger partial charge in [0.2, 0.25) is 5.91 Å². The molecule has 1 atom stereocenters. The SMILES string of the molecule is O=C1CC(c2ccccc2)N1CCBr. The molecule has 1 aliphatic rings. The lowest BCUT2D eigenvalue weighted by Crippen LogP contribution is -2.47. The molecule has 74 valence electrons. The van der Waals surface area contributed by atoms with Crippen molar-refractivity contribution in [1.29, 1.82) is 0 Å². The number of halogens is 1. The molecule has 0 saturated carbocycles. The van der Waals surface area contributed by atoms with Gasteiger partial charge < -0.3 is 4.90 Å². The molecule has 2 nitrogen and oxygen atoms in total. The summed E-state index contributed by atoms with van der Waals surface area (Å²) < 4.78 is 0. The summed E-state index contributed by atoms with van der Waals surface area (Å²) in [6, 6.07) is 10.5. The zero-order valence-corrected chi connectivity index (χ0v) is 9.40. The molecule has 1 aromatic rings. The van der Waals surface area contributed by atoms with Crippen molar-refractivity contribution in [2.24, 2.45) is 0 Å². The van der Waals surface area contributed by atoms with E-state index in [4.69, 9.17) is 0 Å². The Hall–Kier alpha value is -0.830. The lowest BCUT2D eigenvalue weighted by molar-refractivity contribution is -0.145. The molecule has 14 heavy (non-hydrogen) atoms. The van der Waals surface area contributed by atoms with E-state index in [1.807, 2.05) is 23.1 Å². The van der Waals surface area contributed by atoms with Crippen LogP contribution in [-0.4, -0.2) is 22.7 Å². The largest absolute Gasteiger partial charge is 0.334 e. The van der Waals surface area contributed by atoms with Gasteiger partial charge in [0, 0.05) is 11.9 Å². The number of carbonyl (C=O) groups is 1. The van der Waals surface area contributed by atoms with Gasteiger partial charge in [-0.3, -0.25) is 4.79 Å². The normalized spacial score (nSPS) is 20.8. The second kappa shape index (κ2) is 4.13. The van der Waals surface area contributed by atoms with Crippen molar-refractivity contribution < 1.29 is 4.79 Å². The van der Waals surface area contributed by atoms with Crippen LogP contribution in [0, 0.1) is 0 Å². The molecule has 1 saturated heterocycles. The number of hydrogen-bond acceptors (Lipinski definition) is 1. The average Bonchev–Trinajstić information content (AvgIpc) is 2.24. The highest BCUT2D eigenvalue weighted by atomic mass is 79.9. The van der Waals surface area contributed by atoms with Crippen molar-refractivity contribution >= 4 is 21.8 Å². The lowest BCUT2D eigenvalue weighted by atomic mass is 9.94. The Morgan fingerprint density at radius 3 is 2.64 bits per heavy atom. The van der Waals surface area contributed by atoms with Crippen LogP contribution in [0.15, 0.2) is 30.3 Å². The predicted molar refractivity (Wildman–Crippen MR) is 59.3 cm³/mol. The van der Waals surface area contributed by atoms with Crippen molar-refractivity contribution in [3.8, 4) is 0 Å². The second-order valence-electron chi connectivity index (χ2n) is 3.41. The fourth-order valence-electron chi connectivity index (χ4n) is 1.80. The molecule has 0 bridgehead atoms. The Morgan fingerprint density at radius 1 is 1.36 bits per heavy atom. The first-order valence-electron chi connectivity index (χ1n) is 4.73. The number of likely N-dealkylation sites (tertiary alicyclic amines) is 1. The number of nitrogens with zero attached hydrogens (tertiary/aromatic N) is 1. The van der Waals surface area contributed by atoms with Crippen molar-refractivity contribution in [2.75, 3.05) is 11.9 Å². The summed E-state index contributed by atoms with van der Waals surface area (Å²) in [6.07, 6.45) is 0.664. The van der Waals surface area contributed by atoms with Crippen LogP contribution < -0.4 is 0 Å². The number of β-lactam (4-membered cyclic amide) rings is 1. The van der Waals surface area contributed by atoms with Crippen LogP contribution >= 0.6 is 15.9 Å². The third-order valence-electron chi connectivity index (χ3n) is 2.57. The molecule has 2 rings (SSSR count). The van der Waals surface area contributed by atoms with Gasteiger partial charge in [0.05, 0.1) is 12.5 Å². The molecule has 1 unspecified atom stereocenters. The highest BCUT2D eigenvalue weighted by Crippen LogP contribution is 2.33. The van der Waals surface area contributed by atoms with Crippen LogP contribution in [0.25, 0.3) is 0 Å². The fourth-order valence-corrected chi connectivity index (χ4v) is 2.18. The summed E-state index contributed by atoms with van der Waals surface area (Å²) in [7, 11) is 0. The van der Waals surface area contributed by atoms with Crippen LogP contribution in [0.5, 0.6) is 0 Å². The van der Waals surface area contributed by atoms with Crippen molar-refractivity contribution in [3.05, 3.63) is 35.9 Å². The summed E-state index contributed by atoms with van der Waals surface area (Å²) in [4.78, 5) is 13.2. The molecule has 0 radical (unpaired) electrons. The number of alkyl halides is 1. The minimum Gasteiger partial charge on any atom is -0.334 e. The van der Waals surface area contributed by atoms with Crippen LogP contribution in [0.1, 0.15) is 18.0 Å². The fraction of sp³-hybridized carbons (Fsp3) is 0.364. The highest BCUT2D eigenvalue weighted by Gasteiger charge is 2.35. The Balaban J connectivity index is 2.10. The maximum atomic E-state index is 11.3. The van der Waals surface area contributed by atoms with Crippen molar-refractivity contribution in [3.63, 3.8) is 0 Å². The zero-order valence-electron chi connectivity index (χ0n) is 7.82. The Labute approximate surface area is 92.0 Å². The van der Waals surface area contributed by atoms with Crippen LogP contribution in [0.2, 0.25) is 0 Å². The first-order chi connectivity index (χ1) is 6.83. The van der Waals surface area contributed by atoms with Gasteiger partial charge in [-0.2, -0.15) is 0 Å². The van der Waals surface area contributed by atoms with Gasteiger partial charge in [-0.25, -0.2) is 0 Å². The summed E-state index contributed by atoms with van der Waals surface area (Å²) in [5.74, 6) is 0.262. The van der Waals surface area contributed by atoms with Crippen molar-refractivity contribution in [2.45, 2.75) is 12.5 Å². The van der Waals surface area contributed by atoms with Gasteiger partial charge in [0.25, 0.3) is 0 Å². The molecule has 0 aromatic heterocycles. The summed E-state index contributed by atoms with van der Waals surface area (Å²) in [5, 5.41) is 0.849. The maximum absolute atomic E-state index is 11.3. The topological polar surface area (TPSA) is 20.3 Å². The number of carbonyl (C=O) groups excluding carboxylic acids is 1. The summed E-state index contributed by atoms with van der Waals surface area (Å²) in [6.45, 7) is 0.804. The minimum atomic E-state index is 0.262. The van der Waals surface area contributed by atoms with E-state index in [0.717, 1.165) is 11.9 Å². The molecule has 1 heterocycles. The highest BCUT2D eigenvalue weighted by molar-refractivity contribution is 9.09. The molecule has 0 spiro atoms. The Kier molecular flexibility index (Phi) is 2.87. The van der Waals surface area contributed by atoms with E-state index < -0.39 is 0 Å². The monoisotopic (exact) mass is 253 g/mol. The Bertz CT molecular complexity index is 325. The first-order valence-corrected chi connectivity index (χ1v) is 5.85. The van der Waals surface area contributed by atoms with E-state index in [2.05, 4.69) is 28.1 Å². The number of hydrogen-bond donors (Lipinski definition) is 0. The Morgan fingerprint density at radius 2 is 2.07 bits per heavy atom. The zero-order chi connectivity index (χ0) is 9.97. The van der Waals surface area contributed by atoms with E-state index in [1.54, 1.807) is 0 Å². The average molecular weight is 254 g/mol. The van der Waals surface area contributed by atoms with Gasteiger partial charge in [0.15, 0.2) is 0 Å². The first kappa shape index (κ1) is 9.71. The molecular formula is C11H12BrNO. The minimum absolute atomic E-state index is 0.262. The van der Waals surface area contributed by atoms with E-state index >= 15 is 0 Å². The van der Waals surface area contributed by atoms with E-state index in [0.29, 0.717) is 12.5 Å². The summed E-state index contributed by atoms with van der Waals surface area (Å²) in [5.41, 5.74) is 1.24. The molecule has 0 aliphatic carbocycles. The predicted octanol–water partition coefficient (Wildman–Crippen LogP) is 2.35. The van der Waals surface area contributed by atoms with Crippen LogP contribution in [-0.2, 0) is 4.79 Å². The van der Waals surface area contributed by atoms with Gasteiger partial charge in [-0.15, -0.1) is 0 Å². The summed E-state index contributed by atoms with van der Waals surface area (Å²) >= 11 is 3.36. The number of rotatable bonds is 3. The number of amides is 1. The van der Waals surface area contributed by atoms with E-state index in [9.17, 15) is 4.79 Å². The van der Waals surface area contributed by atoms with E-state index in [1.165, 1.54) is 5.56 Å². The standard InChI is InChI=1S/C11H12BrNO/c12-6-7-13-10(8-11(13)14)9-4-2-1-3-5-9/h1-5,10H,6-8H2. The smallest absolute Gasteiger partial charge is 0.225 e. The third-order valence-corrected chi connectivity index (χ3v) is 2.93.